The zero-order valence-electron chi connectivity index (χ0n) is 15.9. The Labute approximate surface area is 169 Å². The molecule has 0 radical (unpaired) electrons. The van der Waals surface area contributed by atoms with E-state index in [0.29, 0.717) is 5.69 Å². The average molecular weight is 419 g/mol. The maximum Gasteiger partial charge on any atom is 0.289 e. The maximum absolute atomic E-state index is 12.6. The highest BCUT2D eigenvalue weighted by Crippen LogP contribution is 2.25. The van der Waals surface area contributed by atoms with Crippen LogP contribution in [0.5, 0.6) is 0 Å². The second-order valence-corrected chi connectivity index (χ2v) is 10.2. The molecule has 0 unspecified atom stereocenters. The predicted molar refractivity (Wildman–Crippen MR) is 111 cm³/mol. The Morgan fingerprint density at radius 3 is 2.11 bits per heavy atom. The molecule has 8 heteroatoms. The van der Waals surface area contributed by atoms with Crippen molar-refractivity contribution in [2.45, 2.75) is 37.6 Å². The van der Waals surface area contributed by atoms with E-state index in [9.17, 15) is 18.0 Å². The number of thioether (sulfide) groups is 1. The number of carbonyl (C=O) groups is 2. The van der Waals surface area contributed by atoms with Crippen molar-refractivity contribution in [3.63, 3.8) is 0 Å². The summed E-state index contributed by atoms with van der Waals surface area (Å²) in [6.07, 6.45) is 0. The van der Waals surface area contributed by atoms with E-state index in [1.165, 1.54) is 4.90 Å². The highest BCUT2D eigenvalue weighted by Gasteiger charge is 2.29. The highest BCUT2D eigenvalue weighted by molar-refractivity contribution is 8.14. The first-order valence-corrected chi connectivity index (χ1v) is 11.2. The van der Waals surface area contributed by atoms with Crippen molar-refractivity contribution in [1.82, 2.24) is 4.90 Å². The molecule has 1 aliphatic rings. The third kappa shape index (κ3) is 4.56. The molecule has 1 heterocycles. The number of rotatable bonds is 5. The third-order valence-corrected chi connectivity index (χ3v) is 6.67. The number of amides is 2. The molecular weight excluding hydrogens is 396 g/mol. The van der Waals surface area contributed by atoms with Crippen LogP contribution in [0.15, 0.2) is 53.4 Å². The molecule has 2 aromatic rings. The molecule has 0 atom stereocenters. The van der Waals surface area contributed by atoms with Gasteiger partial charge in [-0.05, 0) is 40.8 Å². The molecule has 0 saturated carbocycles. The Balaban J connectivity index is 1.70. The lowest BCUT2D eigenvalue weighted by Crippen LogP contribution is -2.27. The third-order valence-electron chi connectivity index (χ3n) is 4.42. The van der Waals surface area contributed by atoms with E-state index < -0.39 is 10.0 Å². The number of hydrogen-bond donors (Lipinski definition) is 1. The Morgan fingerprint density at radius 2 is 1.61 bits per heavy atom. The van der Waals surface area contributed by atoms with Gasteiger partial charge < -0.3 is 0 Å². The van der Waals surface area contributed by atoms with Gasteiger partial charge in [0, 0.05) is 5.69 Å². The van der Waals surface area contributed by atoms with Crippen LogP contribution in [0.25, 0.3) is 0 Å². The van der Waals surface area contributed by atoms with E-state index in [-0.39, 0.29) is 33.8 Å². The second kappa shape index (κ2) is 7.60. The summed E-state index contributed by atoms with van der Waals surface area (Å²) in [5.41, 5.74) is 2.17. The van der Waals surface area contributed by atoms with Crippen LogP contribution in [-0.2, 0) is 26.8 Å². The molecule has 0 aliphatic carbocycles. The number of benzene rings is 2. The van der Waals surface area contributed by atoms with Crippen LogP contribution in [-0.4, -0.2) is 30.2 Å². The largest absolute Gasteiger partial charge is 0.289 e. The van der Waals surface area contributed by atoms with E-state index >= 15 is 0 Å². The molecule has 1 saturated heterocycles. The Hall–Kier alpha value is -2.32. The summed E-state index contributed by atoms with van der Waals surface area (Å²) in [5.74, 6) is -0.0384. The number of imide groups is 1. The molecule has 148 valence electrons. The second-order valence-electron chi connectivity index (χ2n) is 7.61. The molecule has 0 bridgehead atoms. The minimum Gasteiger partial charge on any atom is -0.280 e. The van der Waals surface area contributed by atoms with Crippen molar-refractivity contribution in [3.05, 3.63) is 59.7 Å². The van der Waals surface area contributed by atoms with E-state index in [2.05, 4.69) is 25.5 Å². The molecule has 2 amide bonds. The van der Waals surface area contributed by atoms with Gasteiger partial charge in [0.1, 0.15) is 0 Å². The number of carbonyl (C=O) groups excluding carboxylic acids is 2. The molecule has 3 rings (SSSR count). The van der Waals surface area contributed by atoms with E-state index in [0.717, 1.165) is 22.9 Å². The van der Waals surface area contributed by atoms with E-state index in [4.69, 9.17) is 0 Å². The first-order valence-electron chi connectivity index (χ1n) is 8.76. The number of sulfonamides is 1. The van der Waals surface area contributed by atoms with Gasteiger partial charge in [-0.15, -0.1) is 0 Å². The van der Waals surface area contributed by atoms with Gasteiger partial charge in [-0.1, -0.05) is 56.8 Å². The van der Waals surface area contributed by atoms with Gasteiger partial charge in [-0.2, -0.15) is 0 Å². The number of hydrogen-bond acceptors (Lipinski definition) is 5. The number of nitrogens with one attached hydrogen (secondary N) is 1. The lowest BCUT2D eigenvalue weighted by Gasteiger charge is -2.19. The van der Waals surface area contributed by atoms with E-state index in [1.807, 2.05) is 12.1 Å². The summed E-state index contributed by atoms with van der Waals surface area (Å²) in [6, 6.07) is 13.5. The van der Waals surface area contributed by atoms with Crippen molar-refractivity contribution >= 4 is 38.6 Å². The van der Waals surface area contributed by atoms with Gasteiger partial charge in [0.05, 0.1) is 17.2 Å². The molecule has 1 aliphatic heterocycles. The molecule has 28 heavy (non-hydrogen) atoms. The van der Waals surface area contributed by atoms with Crippen LogP contribution in [0, 0.1) is 0 Å². The molecule has 2 aromatic carbocycles. The smallest absolute Gasteiger partial charge is 0.280 e. The lowest BCUT2D eigenvalue weighted by atomic mass is 9.87. The van der Waals surface area contributed by atoms with Crippen LogP contribution >= 0.6 is 11.8 Å². The van der Waals surface area contributed by atoms with Crippen molar-refractivity contribution in [3.8, 4) is 0 Å². The first kappa shape index (κ1) is 20.4. The fourth-order valence-electron chi connectivity index (χ4n) is 2.74. The summed E-state index contributed by atoms with van der Waals surface area (Å²) >= 11 is 0.990. The maximum atomic E-state index is 12.6. The zero-order valence-corrected chi connectivity index (χ0v) is 17.6. The summed E-state index contributed by atoms with van der Waals surface area (Å²) in [4.78, 5) is 24.7. The molecule has 0 spiro atoms. The normalized spacial score (nSPS) is 15.2. The fourth-order valence-corrected chi connectivity index (χ4v) is 4.53. The highest BCUT2D eigenvalue weighted by atomic mass is 32.2. The van der Waals surface area contributed by atoms with Crippen LogP contribution in [0.1, 0.15) is 31.9 Å². The quantitative estimate of drug-likeness (QED) is 0.794. The van der Waals surface area contributed by atoms with Crippen LogP contribution in [0.3, 0.4) is 0 Å². The summed E-state index contributed by atoms with van der Waals surface area (Å²) < 4.78 is 27.8. The fraction of sp³-hybridized carbons (Fsp3) is 0.300. The van der Waals surface area contributed by atoms with Crippen molar-refractivity contribution in [2.24, 2.45) is 0 Å². The van der Waals surface area contributed by atoms with Crippen LogP contribution in [0.2, 0.25) is 0 Å². The molecule has 6 nitrogen and oxygen atoms in total. The minimum absolute atomic E-state index is 0.0534. The zero-order chi connectivity index (χ0) is 20.5. The molecular formula is C20H22N2O4S2. The summed E-state index contributed by atoms with van der Waals surface area (Å²) in [7, 11) is -3.70. The number of anilines is 1. The van der Waals surface area contributed by atoms with Gasteiger partial charge in [0.15, 0.2) is 0 Å². The monoisotopic (exact) mass is 418 g/mol. The van der Waals surface area contributed by atoms with Crippen molar-refractivity contribution in [1.29, 1.82) is 0 Å². The Bertz CT molecular complexity index is 976. The molecule has 1 fully saturated rings. The van der Waals surface area contributed by atoms with Gasteiger partial charge in [-0.25, -0.2) is 8.42 Å². The average Bonchev–Trinajstić information content (AvgIpc) is 2.94. The topological polar surface area (TPSA) is 83.6 Å². The van der Waals surface area contributed by atoms with Crippen LogP contribution < -0.4 is 4.72 Å². The van der Waals surface area contributed by atoms with Gasteiger partial charge >= 0.3 is 0 Å². The van der Waals surface area contributed by atoms with Crippen LogP contribution in [0.4, 0.5) is 10.5 Å². The standard InChI is InChI=1S/C20H22N2O4S2/c1-20(2,3)15-6-10-17(11-7-15)28(25,26)21-16-8-4-14(5-9-16)12-22-18(23)13-27-19(22)24/h4-11,21H,12-13H2,1-3H3. The minimum atomic E-state index is -3.70. The first-order chi connectivity index (χ1) is 13.1. The number of nitrogens with zero attached hydrogens (tertiary/aromatic N) is 1. The Morgan fingerprint density at radius 1 is 1.00 bits per heavy atom. The summed E-state index contributed by atoms with van der Waals surface area (Å²) in [6.45, 7) is 6.39. The van der Waals surface area contributed by atoms with Gasteiger partial charge in [0.2, 0.25) is 5.91 Å². The summed E-state index contributed by atoms with van der Waals surface area (Å²) in [5, 5.41) is -0.256. The van der Waals surface area contributed by atoms with Crippen molar-refractivity contribution in [2.75, 3.05) is 10.5 Å². The Kier molecular flexibility index (Phi) is 5.54. The van der Waals surface area contributed by atoms with Gasteiger partial charge in [-0.3, -0.25) is 19.2 Å². The predicted octanol–water partition coefficient (Wildman–Crippen LogP) is 3.98. The lowest BCUT2D eigenvalue weighted by molar-refractivity contribution is -0.125. The molecule has 0 aromatic heterocycles. The van der Waals surface area contributed by atoms with E-state index in [1.54, 1.807) is 36.4 Å². The SMILES string of the molecule is CC(C)(C)c1ccc(S(=O)(=O)Nc2ccc(CN3C(=O)CSC3=O)cc2)cc1. The van der Waals surface area contributed by atoms with Gasteiger partial charge in [0.25, 0.3) is 15.3 Å². The molecule has 1 N–H and O–H groups in total. The van der Waals surface area contributed by atoms with Crippen molar-refractivity contribution < 1.29 is 18.0 Å².